The van der Waals surface area contributed by atoms with E-state index < -0.39 is 11.5 Å². The molecular weight excluding hydrogens is 294 g/mol. The fraction of sp³-hybridized carbons (Fsp3) is 0.444. The number of pyridine rings is 1. The standard InChI is InChI=1S/C18H23NO4/c1-5-18(6-2,17(21)22)19-10-9-13-11-14(23-12(3)4)7-8-15(13)16(19)20/h7-12H,5-6H2,1-4H3,(H,21,22). The van der Waals surface area contributed by atoms with Crippen molar-refractivity contribution in [3.05, 3.63) is 40.8 Å². The number of rotatable bonds is 6. The van der Waals surface area contributed by atoms with Crippen molar-refractivity contribution in [2.75, 3.05) is 0 Å². The summed E-state index contributed by atoms with van der Waals surface area (Å²) in [5.41, 5.74) is -1.50. The summed E-state index contributed by atoms with van der Waals surface area (Å²) in [6, 6.07) is 7.02. The van der Waals surface area contributed by atoms with E-state index in [0.29, 0.717) is 24.0 Å². The third-order valence-corrected chi connectivity index (χ3v) is 4.28. The lowest BCUT2D eigenvalue weighted by Gasteiger charge is -2.29. The number of aromatic nitrogens is 1. The summed E-state index contributed by atoms with van der Waals surface area (Å²) in [5, 5.41) is 10.9. The molecule has 0 aliphatic rings. The number of hydrogen-bond acceptors (Lipinski definition) is 3. The molecule has 124 valence electrons. The smallest absolute Gasteiger partial charge is 0.329 e. The molecule has 5 heteroatoms. The zero-order valence-corrected chi connectivity index (χ0v) is 14.0. The van der Waals surface area contributed by atoms with Crippen molar-refractivity contribution in [3.8, 4) is 5.75 Å². The Morgan fingerprint density at radius 3 is 2.43 bits per heavy atom. The maximum atomic E-state index is 12.8. The molecule has 0 fully saturated rings. The second-order valence-corrected chi connectivity index (χ2v) is 5.95. The van der Waals surface area contributed by atoms with Crippen molar-refractivity contribution >= 4 is 16.7 Å². The summed E-state index contributed by atoms with van der Waals surface area (Å²) in [6.07, 6.45) is 2.32. The highest BCUT2D eigenvalue weighted by Crippen LogP contribution is 2.26. The van der Waals surface area contributed by atoms with E-state index in [1.165, 1.54) is 4.57 Å². The lowest BCUT2D eigenvalue weighted by molar-refractivity contribution is -0.148. The van der Waals surface area contributed by atoms with Crippen molar-refractivity contribution in [1.29, 1.82) is 0 Å². The summed E-state index contributed by atoms with van der Waals surface area (Å²) < 4.78 is 6.99. The molecule has 0 atom stereocenters. The van der Waals surface area contributed by atoms with Gasteiger partial charge in [0.15, 0.2) is 0 Å². The Hall–Kier alpha value is -2.30. The maximum absolute atomic E-state index is 12.8. The van der Waals surface area contributed by atoms with Gasteiger partial charge in [0.25, 0.3) is 5.56 Å². The normalized spacial score (nSPS) is 11.9. The number of nitrogens with zero attached hydrogens (tertiary/aromatic N) is 1. The highest BCUT2D eigenvalue weighted by atomic mass is 16.5. The molecule has 0 bridgehead atoms. The summed E-state index contributed by atoms with van der Waals surface area (Å²) in [4.78, 5) is 24.6. The molecule has 2 aromatic rings. The van der Waals surface area contributed by atoms with Crippen LogP contribution in [0, 0.1) is 0 Å². The molecule has 0 aliphatic heterocycles. The van der Waals surface area contributed by atoms with Crippen LogP contribution in [0.5, 0.6) is 5.75 Å². The number of hydrogen-bond donors (Lipinski definition) is 1. The van der Waals surface area contributed by atoms with Gasteiger partial charge in [-0.1, -0.05) is 13.8 Å². The van der Waals surface area contributed by atoms with Crippen LogP contribution in [0.3, 0.4) is 0 Å². The Labute approximate surface area is 135 Å². The Kier molecular flexibility index (Phi) is 4.78. The van der Waals surface area contributed by atoms with Crippen LogP contribution in [0.4, 0.5) is 0 Å². The zero-order valence-electron chi connectivity index (χ0n) is 14.0. The van der Waals surface area contributed by atoms with Crippen molar-refractivity contribution in [3.63, 3.8) is 0 Å². The largest absolute Gasteiger partial charge is 0.491 e. The molecule has 2 rings (SSSR count). The number of carboxylic acids is 1. The van der Waals surface area contributed by atoms with Gasteiger partial charge in [-0.3, -0.25) is 9.36 Å². The summed E-state index contributed by atoms with van der Waals surface area (Å²) in [7, 11) is 0. The Balaban J connectivity index is 2.64. The molecule has 0 radical (unpaired) electrons. The first kappa shape index (κ1) is 17.1. The number of ether oxygens (including phenoxy) is 1. The second kappa shape index (κ2) is 6.44. The van der Waals surface area contributed by atoms with Gasteiger partial charge in [-0.05, 0) is 56.3 Å². The van der Waals surface area contributed by atoms with Gasteiger partial charge in [0.05, 0.1) is 6.10 Å². The van der Waals surface area contributed by atoms with Crippen molar-refractivity contribution in [2.45, 2.75) is 52.2 Å². The summed E-state index contributed by atoms with van der Waals surface area (Å²) in [5.74, 6) is -0.288. The van der Waals surface area contributed by atoms with Crippen LogP contribution in [-0.4, -0.2) is 21.7 Å². The SMILES string of the molecule is CCC(CC)(C(=O)O)n1ccc2cc(OC(C)C)ccc2c1=O. The van der Waals surface area contributed by atoms with E-state index in [1.54, 1.807) is 44.3 Å². The third-order valence-electron chi connectivity index (χ3n) is 4.28. The predicted octanol–water partition coefficient (Wildman–Crippen LogP) is 3.39. The molecule has 1 aromatic carbocycles. The minimum atomic E-state index is -1.21. The minimum absolute atomic E-state index is 0.0488. The molecule has 0 amide bonds. The first-order valence-corrected chi connectivity index (χ1v) is 7.91. The molecular formula is C18H23NO4. The Bertz CT molecular complexity index is 772. The van der Waals surface area contributed by atoms with Crippen LogP contribution >= 0.6 is 0 Å². The summed E-state index contributed by atoms with van der Waals surface area (Å²) in [6.45, 7) is 7.44. The van der Waals surface area contributed by atoms with E-state index in [0.717, 1.165) is 5.39 Å². The third kappa shape index (κ3) is 2.96. The molecule has 5 nitrogen and oxygen atoms in total. The average molecular weight is 317 g/mol. The number of aliphatic carboxylic acids is 1. The van der Waals surface area contributed by atoms with E-state index >= 15 is 0 Å². The predicted molar refractivity (Wildman–Crippen MR) is 90.2 cm³/mol. The van der Waals surface area contributed by atoms with Crippen LogP contribution in [0.25, 0.3) is 10.8 Å². The van der Waals surface area contributed by atoms with Crippen LogP contribution in [-0.2, 0) is 10.3 Å². The lowest BCUT2D eigenvalue weighted by Crippen LogP contribution is -2.46. The van der Waals surface area contributed by atoms with Gasteiger partial charge >= 0.3 is 5.97 Å². The van der Waals surface area contributed by atoms with Gasteiger partial charge < -0.3 is 9.84 Å². The lowest BCUT2D eigenvalue weighted by atomic mass is 9.92. The molecule has 1 heterocycles. The Morgan fingerprint density at radius 2 is 1.91 bits per heavy atom. The molecule has 0 unspecified atom stereocenters. The van der Waals surface area contributed by atoms with Gasteiger partial charge in [-0.2, -0.15) is 0 Å². The zero-order chi connectivity index (χ0) is 17.2. The molecule has 1 aromatic heterocycles. The van der Waals surface area contributed by atoms with E-state index in [9.17, 15) is 14.7 Å². The fourth-order valence-corrected chi connectivity index (χ4v) is 2.90. The van der Waals surface area contributed by atoms with Crippen LogP contribution < -0.4 is 10.3 Å². The number of carbonyl (C=O) groups is 1. The quantitative estimate of drug-likeness (QED) is 0.886. The molecule has 1 N–H and O–H groups in total. The van der Waals surface area contributed by atoms with Gasteiger partial charge in [0.2, 0.25) is 0 Å². The van der Waals surface area contributed by atoms with Crippen molar-refractivity contribution in [2.24, 2.45) is 0 Å². The van der Waals surface area contributed by atoms with Crippen LogP contribution in [0.2, 0.25) is 0 Å². The number of carboxylic acid groups (broad SMARTS) is 1. The first-order valence-electron chi connectivity index (χ1n) is 7.91. The molecule has 23 heavy (non-hydrogen) atoms. The van der Waals surface area contributed by atoms with E-state index in [4.69, 9.17) is 4.74 Å². The van der Waals surface area contributed by atoms with Gasteiger partial charge in [0, 0.05) is 11.6 Å². The molecule has 0 saturated carbocycles. The Morgan fingerprint density at radius 1 is 1.26 bits per heavy atom. The molecule has 0 saturated heterocycles. The van der Waals surface area contributed by atoms with Gasteiger partial charge in [-0.25, -0.2) is 4.79 Å². The fourth-order valence-electron chi connectivity index (χ4n) is 2.90. The minimum Gasteiger partial charge on any atom is -0.491 e. The molecule has 0 spiro atoms. The van der Waals surface area contributed by atoms with Crippen LogP contribution in [0.15, 0.2) is 35.3 Å². The average Bonchev–Trinajstić information content (AvgIpc) is 2.50. The topological polar surface area (TPSA) is 68.5 Å². The van der Waals surface area contributed by atoms with Crippen molar-refractivity contribution < 1.29 is 14.6 Å². The van der Waals surface area contributed by atoms with Crippen LogP contribution in [0.1, 0.15) is 40.5 Å². The monoisotopic (exact) mass is 317 g/mol. The van der Waals surface area contributed by atoms with E-state index in [1.807, 2.05) is 13.8 Å². The summed E-state index contributed by atoms with van der Waals surface area (Å²) >= 11 is 0. The highest BCUT2D eigenvalue weighted by molar-refractivity contribution is 5.84. The van der Waals surface area contributed by atoms with E-state index in [2.05, 4.69) is 0 Å². The first-order chi connectivity index (χ1) is 10.9. The second-order valence-electron chi connectivity index (χ2n) is 5.95. The van der Waals surface area contributed by atoms with Gasteiger partial charge in [-0.15, -0.1) is 0 Å². The maximum Gasteiger partial charge on any atom is 0.329 e. The highest BCUT2D eigenvalue weighted by Gasteiger charge is 2.37. The number of fused-ring (bicyclic) bond motifs is 1. The van der Waals surface area contributed by atoms with Gasteiger partial charge in [0.1, 0.15) is 11.3 Å². The van der Waals surface area contributed by atoms with Crippen molar-refractivity contribution in [1.82, 2.24) is 4.57 Å². The molecule has 0 aliphatic carbocycles. The van der Waals surface area contributed by atoms with E-state index in [-0.39, 0.29) is 11.7 Å². The number of benzene rings is 1.